The lowest BCUT2D eigenvalue weighted by atomic mass is 10.1. The van der Waals surface area contributed by atoms with Gasteiger partial charge in [-0.1, -0.05) is 16.5 Å². The third-order valence-corrected chi connectivity index (χ3v) is 4.55. The number of nitrogens with zero attached hydrogens (tertiary/aromatic N) is 5. The highest BCUT2D eigenvalue weighted by Gasteiger charge is 2.32. The second kappa shape index (κ2) is 5.16. The molecular weight excluding hydrogens is 264 g/mol. The van der Waals surface area contributed by atoms with Crippen LogP contribution in [0, 0.1) is 5.92 Å². The third kappa shape index (κ3) is 2.42. The van der Waals surface area contributed by atoms with E-state index in [0.717, 1.165) is 30.3 Å². The van der Waals surface area contributed by atoms with Crippen molar-refractivity contribution in [1.82, 2.24) is 10.3 Å². The molecule has 3 heterocycles. The van der Waals surface area contributed by atoms with Gasteiger partial charge in [0.25, 0.3) is 0 Å². The molecular formula is C11H14N6OS. The molecule has 1 fully saturated rings. The molecule has 0 saturated carbocycles. The van der Waals surface area contributed by atoms with Gasteiger partial charge in [0.1, 0.15) is 0 Å². The average Bonchev–Trinajstić information content (AvgIpc) is 2.99. The van der Waals surface area contributed by atoms with Gasteiger partial charge in [0.05, 0.1) is 5.69 Å². The molecule has 1 aromatic heterocycles. The highest BCUT2D eigenvalue weighted by Crippen LogP contribution is 2.32. The van der Waals surface area contributed by atoms with Crippen molar-refractivity contribution in [1.29, 1.82) is 0 Å². The first-order valence-corrected chi connectivity index (χ1v) is 7.10. The van der Waals surface area contributed by atoms with Crippen LogP contribution in [0.15, 0.2) is 5.11 Å². The summed E-state index contributed by atoms with van der Waals surface area (Å²) in [6.45, 7) is 2.78. The number of aromatic nitrogens is 1. The van der Waals surface area contributed by atoms with Crippen molar-refractivity contribution in [2.75, 3.05) is 24.5 Å². The van der Waals surface area contributed by atoms with Crippen molar-refractivity contribution in [2.24, 2.45) is 11.0 Å². The average molecular weight is 278 g/mol. The Kier molecular flexibility index (Phi) is 3.37. The molecule has 1 saturated heterocycles. The Hall–Kier alpha value is -1.63. The molecule has 8 heteroatoms. The van der Waals surface area contributed by atoms with Crippen LogP contribution in [0.4, 0.5) is 5.13 Å². The molecule has 2 aliphatic heterocycles. The zero-order valence-corrected chi connectivity index (χ0v) is 11.2. The predicted octanol–water partition coefficient (Wildman–Crippen LogP) is 1.45. The van der Waals surface area contributed by atoms with E-state index in [4.69, 9.17) is 5.53 Å². The molecule has 0 spiro atoms. The Morgan fingerprint density at radius 3 is 3.32 bits per heavy atom. The van der Waals surface area contributed by atoms with Crippen LogP contribution in [0.25, 0.3) is 10.4 Å². The van der Waals surface area contributed by atoms with Crippen molar-refractivity contribution in [2.45, 2.75) is 19.4 Å². The molecule has 0 aliphatic carbocycles. The Balaban J connectivity index is 1.76. The van der Waals surface area contributed by atoms with Crippen LogP contribution < -0.4 is 10.2 Å². The van der Waals surface area contributed by atoms with Crippen LogP contribution in [0.2, 0.25) is 0 Å². The molecule has 0 radical (unpaired) electrons. The summed E-state index contributed by atoms with van der Waals surface area (Å²) in [6.07, 6.45) is 1.37. The molecule has 1 atom stereocenters. The van der Waals surface area contributed by atoms with E-state index in [1.54, 1.807) is 16.2 Å². The van der Waals surface area contributed by atoms with Crippen molar-refractivity contribution >= 4 is 22.4 Å². The number of amides is 1. The van der Waals surface area contributed by atoms with E-state index in [1.165, 1.54) is 4.88 Å². The summed E-state index contributed by atoms with van der Waals surface area (Å²) < 4.78 is 0. The van der Waals surface area contributed by atoms with Gasteiger partial charge in [-0.15, -0.1) is 0 Å². The topological polar surface area (TPSA) is 94.0 Å². The fraction of sp³-hybridized carbons (Fsp3) is 0.636. The first-order valence-electron chi connectivity index (χ1n) is 6.28. The number of hydrogen-bond donors (Lipinski definition) is 1. The number of carbonyl (C=O) groups is 1. The Bertz CT molecular complexity index is 526. The molecule has 19 heavy (non-hydrogen) atoms. The lowest BCUT2D eigenvalue weighted by Gasteiger charge is -2.11. The van der Waals surface area contributed by atoms with E-state index in [-0.39, 0.29) is 11.8 Å². The molecule has 2 aliphatic rings. The number of rotatable bonds is 3. The van der Waals surface area contributed by atoms with Crippen LogP contribution in [-0.4, -0.2) is 30.5 Å². The van der Waals surface area contributed by atoms with Crippen LogP contribution in [0.3, 0.4) is 0 Å². The van der Waals surface area contributed by atoms with E-state index in [9.17, 15) is 4.79 Å². The fourth-order valence-electron chi connectivity index (χ4n) is 2.47. The largest absolute Gasteiger partial charge is 0.311 e. The predicted molar refractivity (Wildman–Crippen MR) is 72.0 cm³/mol. The third-order valence-electron chi connectivity index (χ3n) is 3.43. The van der Waals surface area contributed by atoms with Crippen LogP contribution >= 0.6 is 11.3 Å². The molecule has 7 nitrogen and oxygen atoms in total. The van der Waals surface area contributed by atoms with E-state index in [2.05, 4.69) is 20.3 Å². The smallest absolute Gasteiger partial charge is 0.229 e. The minimum atomic E-state index is 0.0807. The standard InChI is InChI=1S/C11H14N6OS/c12-16-14-4-7-3-10(18)17(6-7)11-15-8-1-2-13-5-9(8)19-11/h7,13H,1-6H2. The SMILES string of the molecule is [N-]=[N+]=NCC1CC(=O)N(c2nc3c(s2)CNCC3)C1. The van der Waals surface area contributed by atoms with Gasteiger partial charge in [-0.05, 0) is 11.4 Å². The van der Waals surface area contributed by atoms with Gasteiger partial charge >= 0.3 is 0 Å². The van der Waals surface area contributed by atoms with Crippen LogP contribution in [0.1, 0.15) is 17.0 Å². The normalized spacial score (nSPS) is 22.2. The van der Waals surface area contributed by atoms with E-state index in [1.807, 2.05) is 0 Å². The molecule has 1 N–H and O–H groups in total. The highest BCUT2D eigenvalue weighted by atomic mass is 32.1. The Labute approximate surface area is 114 Å². The molecule has 0 bridgehead atoms. The number of thiazole rings is 1. The number of nitrogens with one attached hydrogen (secondary N) is 1. The summed E-state index contributed by atoms with van der Waals surface area (Å²) in [5.41, 5.74) is 9.44. The fourth-order valence-corrected chi connectivity index (χ4v) is 3.57. The molecule has 1 unspecified atom stereocenters. The van der Waals surface area contributed by atoms with Crippen LogP contribution in [-0.2, 0) is 17.8 Å². The zero-order chi connectivity index (χ0) is 13.2. The number of hydrogen-bond acceptors (Lipinski definition) is 5. The minimum Gasteiger partial charge on any atom is -0.311 e. The maximum absolute atomic E-state index is 12.0. The molecule has 1 aromatic rings. The minimum absolute atomic E-state index is 0.0807. The maximum atomic E-state index is 12.0. The van der Waals surface area contributed by atoms with Gasteiger partial charge in [0, 0.05) is 48.8 Å². The van der Waals surface area contributed by atoms with Gasteiger partial charge < -0.3 is 5.32 Å². The Morgan fingerprint density at radius 2 is 2.53 bits per heavy atom. The quantitative estimate of drug-likeness (QED) is 0.515. The lowest BCUT2D eigenvalue weighted by Crippen LogP contribution is -2.24. The van der Waals surface area contributed by atoms with E-state index >= 15 is 0 Å². The Morgan fingerprint density at radius 1 is 1.63 bits per heavy atom. The van der Waals surface area contributed by atoms with E-state index < -0.39 is 0 Å². The maximum Gasteiger partial charge on any atom is 0.229 e. The summed E-state index contributed by atoms with van der Waals surface area (Å²) in [5.74, 6) is 0.194. The van der Waals surface area contributed by atoms with Gasteiger partial charge in [0.15, 0.2) is 5.13 Å². The summed E-state index contributed by atoms with van der Waals surface area (Å²) in [5, 5.41) is 7.65. The summed E-state index contributed by atoms with van der Waals surface area (Å²) in [7, 11) is 0. The second-order valence-electron chi connectivity index (χ2n) is 4.78. The van der Waals surface area contributed by atoms with Crippen molar-refractivity contribution in [3.05, 3.63) is 21.0 Å². The van der Waals surface area contributed by atoms with Crippen molar-refractivity contribution in [3.8, 4) is 0 Å². The summed E-state index contributed by atoms with van der Waals surface area (Å²) in [6, 6.07) is 0. The lowest BCUT2D eigenvalue weighted by molar-refractivity contribution is -0.117. The number of carbonyl (C=O) groups excluding carboxylic acids is 1. The summed E-state index contributed by atoms with van der Waals surface area (Å²) >= 11 is 1.59. The highest BCUT2D eigenvalue weighted by molar-refractivity contribution is 7.16. The van der Waals surface area contributed by atoms with Gasteiger partial charge in [-0.2, -0.15) is 0 Å². The number of anilines is 1. The molecule has 100 valence electrons. The number of azide groups is 1. The van der Waals surface area contributed by atoms with Crippen LogP contribution in [0.5, 0.6) is 0 Å². The van der Waals surface area contributed by atoms with E-state index in [0.29, 0.717) is 19.5 Å². The van der Waals surface area contributed by atoms with Crippen molar-refractivity contribution < 1.29 is 4.79 Å². The van der Waals surface area contributed by atoms with Gasteiger partial charge in [-0.25, -0.2) is 4.98 Å². The first-order chi connectivity index (χ1) is 9.28. The molecule has 1 amide bonds. The zero-order valence-electron chi connectivity index (χ0n) is 10.4. The number of fused-ring (bicyclic) bond motifs is 1. The summed E-state index contributed by atoms with van der Waals surface area (Å²) in [4.78, 5) is 22.3. The van der Waals surface area contributed by atoms with Gasteiger partial charge in [-0.3, -0.25) is 9.69 Å². The molecule has 3 rings (SSSR count). The monoisotopic (exact) mass is 278 g/mol. The van der Waals surface area contributed by atoms with Gasteiger partial charge in [0.2, 0.25) is 5.91 Å². The van der Waals surface area contributed by atoms with Crippen molar-refractivity contribution in [3.63, 3.8) is 0 Å². The first kappa shape index (κ1) is 12.4. The molecule has 0 aromatic carbocycles. The second-order valence-corrected chi connectivity index (χ2v) is 5.84.